The Kier molecular flexibility index (Phi) is 7.99. The molecule has 1 aliphatic carbocycles. The SMILES string of the molecule is COCC(NC(=O)CC1COCCC1NC(=O)OCC1c2ccccc2-c2ccccc21)C(=O)O. The molecule has 2 amide bonds. The number of fused-ring (bicyclic) bond motifs is 3. The van der Waals surface area contributed by atoms with Crippen LogP contribution in [0.2, 0.25) is 0 Å². The average Bonchev–Trinajstić information content (AvgIpc) is 3.17. The number of benzene rings is 2. The molecule has 2 aliphatic rings. The number of ether oxygens (including phenoxy) is 3. The van der Waals surface area contributed by atoms with Crippen molar-refractivity contribution in [3.63, 3.8) is 0 Å². The minimum Gasteiger partial charge on any atom is -0.480 e. The van der Waals surface area contributed by atoms with Crippen LogP contribution in [0.4, 0.5) is 4.79 Å². The predicted molar refractivity (Wildman–Crippen MR) is 127 cm³/mol. The zero-order valence-corrected chi connectivity index (χ0v) is 19.6. The van der Waals surface area contributed by atoms with E-state index in [0.29, 0.717) is 13.0 Å². The summed E-state index contributed by atoms with van der Waals surface area (Å²) in [5.74, 6) is -1.96. The minimum absolute atomic E-state index is 0.0157. The van der Waals surface area contributed by atoms with Crippen LogP contribution in [0.3, 0.4) is 0 Å². The Bertz CT molecular complexity index is 1030. The second-order valence-electron chi connectivity index (χ2n) is 8.82. The van der Waals surface area contributed by atoms with Gasteiger partial charge in [0.05, 0.1) is 13.2 Å². The molecule has 35 heavy (non-hydrogen) atoms. The lowest BCUT2D eigenvalue weighted by Crippen LogP contribution is -2.49. The Morgan fingerprint density at radius 2 is 1.74 bits per heavy atom. The molecule has 0 radical (unpaired) electrons. The first kappa shape index (κ1) is 24.7. The number of hydrogen-bond donors (Lipinski definition) is 3. The van der Waals surface area contributed by atoms with Crippen LogP contribution in [0.25, 0.3) is 11.1 Å². The number of alkyl carbamates (subject to hydrolysis) is 1. The highest BCUT2D eigenvalue weighted by atomic mass is 16.5. The summed E-state index contributed by atoms with van der Waals surface area (Å²) < 4.78 is 16.0. The van der Waals surface area contributed by atoms with Crippen LogP contribution in [-0.2, 0) is 23.8 Å². The number of carbonyl (C=O) groups excluding carboxylic acids is 2. The molecule has 0 spiro atoms. The molecule has 1 heterocycles. The summed E-state index contributed by atoms with van der Waals surface area (Å²) in [7, 11) is 1.37. The molecule has 2 aromatic rings. The van der Waals surface area contributed by atoms with Gasteiger partial charge in [0.15, 0.2) is 6.04 Å². The van der Waals surface area contributed by atoms with Crippen LogP contribution in [0.5, 0.6) is 0 Å². The van der Waals surface area contributed by atoms with Crippen LogP contribution in [0, 0.1) is 5.92 Å². The number of methoxy groups -OCH3 is 1. The van der Waals surface area contributed by atoms with Crippen LogP contribution >= 0.6 is 0 Å². The van der Waals surface area contributed by atoms with Crippen molar-refractivity contribution in [3.05, 3.63) is 59.7 Å². The van der Waals surface area contributed by atoms with Crippen molar-refractivity contribution in [3.8, 4) is 11.1 Å². The quantitative estimate of drug-likeness (QED) is 0.502. The molecule has 0 saturated carbocycles. The number of rotatable bonds is 9. The first-order valence-corrected chi connectivity index (χ1v) is 11.7. The lowest BCUT2D eigenvalue weighted by atomic mass is 9.92. The van der Waals surface area contributed by atoms with E-state index >= 15 is 0 Å². The summed E-state index contributed by atoms with van der Waals surface area (Å²) in [6, 6.07) is 14.8. The Morgan fingerprint density at radius 3 is 2.37 bits per heavy atom. The maximum Gasteiger partial charge on any atom is 0.407 e. The lowest BCUT2D eigenvalue weighted by Gasteiger charge is -2.32. The number of nitrogens with one attached hydrogen (secondary N) is 2. The third-order valence-electron chi connectivity index (χ3n) is 6.54. The Morgan fingerprint density at radius 1 is 1.09 bits per heavy atom. The van der Waals surface area contributed by atoms with Crippen molar-refractivity contribution in [1.29, 1.82) is 0 Å². The third kappa shape index (κ3) is 5.80. The molecule has 9 heteroatoms. The molecule has 3 unspecified atom stereocenters. The molecule has 3 atom stereocenters. The Balaban J connectivity index is 1.34. The number of aliphatic carboxylic acids is 1. The van der Waals surface area contributed by atoms with E-state index in [2.05, 4.69) is 34.9 Å². The lowest BCUT2D eigenvalue weighted by molar-refractivity contribution is -0.143. The summed E-state index contributed by atoms with van der Waals surface area (Å²) in [5.41, 5.74) is 4.57. The van der Waals surface area contributed by atoms with Gasteiger partial charge in [-0.1, -0.05) is 48.5 Å². The zero-order chi connectivity index (χ0) is 24.8. The van der Waals surface area contributed by atoms with Gasteiger partial charge in [0.1, 0.15) is 6.61 Å². The smallest absolute Gasteiger partial charge is 0.407 e. The molecule has 9 nitrogen and oxygen atoms in total. The van der Waals surface area contributed by atoms with E-state index in [0.717, 1.165) is 22.3 Å². The standard InChI is InChI=1S/C26H30N2O7/c1-33-15-23(25(30)31)27-24(29)12-16-13-34-11-10-22(16)28-26(32)35-14-21-19-8-4-2-6-17(19)18-7-3-5-9-20(18)21/h2-9,16,21-23H,10-15H2,1H3,(H,27,29)(H,28,32)(H,30,31). The van der Waals surface area contributed by atoms with Crippen LogP contribution < -0.4 is 10.6 Å². The summed E-state index contributed by atoms with van der Waals surface area (Å²) in [4.78, 5) is 36.4. The second-order valence-corrected chi connectivity index (χ2v) is 8.82. The van der Waals surface area contributed by atoms with Gasteiger partial charge in [-0.2, -0.15) is 0 Å². The highest BCUT2D eigenvalue weighted by Gasteiger charge is 2.32. The van der Waals surface area contributed by atoms with E-state index in [9.17, 15) is 19.5 Å². The van der Waals surface area contributed by atoms with Crippen molar-refractivity contribution in [1.82, 2.24) is 10.6 Å². The molecular weight excluding hydrogens is 452 g/mol. The summed E-state index contributed by atoms with van der Waals surface area (Å²) in [6.45, 7) is 0.798. The van der Waals surface area contributed by atoms with Gasteiger partial charge in [0.25, 0.3) is 0 Å². The molecular formula is C26H30N2O7. The molecule has 3 N–H and O–H groups in total. The maximum atomic E-state index is 12.7. The van der Waals surface area contributed by atoms with E-state index in [4.69, 9.17) is 14.2 Å². The minimum atomic E-state index is -1.17. The number of hydrogen-bond acceptors (Lipinski definition) is 6. The topological polar surface area (TPSA) is 123 Å². The van der Waals surface area contributed by atoms with E-state index in [-0.39, 0.29) is 44.1 Å². The van der Waals surface area contributed by atoms with Gasteiger partial charge in [-0.15, -0.1) is 0 Å². The van der Waals surface area contributed by atoms with Crippen molar-refractivity contribution in [2.45, 2.75) is 30.8 Å². The molecule has 1 saturated heterocycles. The molecule has 1 fully saturated rings. The molecule has 0 aromatic heterocycles. The average molecular weight is 483 g/mol. The molecule has 4 rings (SSSR count). The number of carboxylic acid groups (broad SMARTS) is 1. The normalized spacial score (nSPS) is 19.8. The van der Waals surface area contributed by atoms with Gasteiger partial charge in [0, 0.05) is 38.0 Å². The van der Waals surface area contributed by atoms with E-state index in [1.807, 2.05) is 24.3 Å². The predicted octanol–water partition coefficient (Wildman–Crippen LogP) is 2.54. The third-order valence-corrected chi connectivity index (χ3v) is 6.54. The Labute approximate surface area is 203 Å². The molecule has 2 aromatic carbocycles. The first-order chi connectivity index (χ1) is 17.0. The molecule has 1 aliphatic heterocycles. The van der Waals surface area contributed by atoms with Crippen LogP contribution in [0.15, 0.2) is 48.5 Å². The zero-order valence-electron chi connectivity index (χ0n) is 19.6. The fraction of sp³-hybridized carbons (Fsp3) is 0.423. The monoisotopic (exact) mass is 482 g/mol. The van der Waals surface area contributed by atoms with Crippen molar-refractivity contribution < 1.29 is 33.7 Å². The van der Waals surface area contributed by atoms with Gasteiger partial charge in [-0.25, -0.2) is 9.59 Å². The van der Waals surface area contributed by atoms with Gasteiger partial charge in [-0.3, -0.25) is 4.79 Å². The van der Waals surface area contributed by atoms with E-state index in [1.165, 1.54) is 7.11 Å². The summed E-state index contributed by atoms with van der Waals surface area (Å²) in [6.07, 6.45) is -0.00308. The number of carbonyl (C=O) groups is 3. The Hall–Kier alpha value is -3.43. The van der Waals surface area contributed by atoms with Crippen LogP contribution in [0.1, 0.15) is 29.9 Å². The summed E-state index contributed by atoms with van der Waals surface area (Å²) in [5, 5.41) is 14.6. The largest absolute Gasteiger partial charge is 0.480 e. The van der Waals surface area contributed by atoms with Gasteiger partial charge >= 0.3 is 12.1 Å². The fourth-order valence-corrected chi connectivity index (χ4v) is 4.81. The van der Waals surface area contributed by atoms with E-state index < -0.39 is 24.0 Å². The maximum absolute atomic E-state index is 12.7. The van der Waals surface area contributed by atoms with Gasteiger partial charge in [0.2, 0.25) is 5.91 Å². The van der Waals surface area contributed by atoms with Gasteiger partial charge < -0.3 is 30.0 Å². The van der Waals surface area contributed by atoms with Crippen molar-refractivity contribution in [2.75, 3.05) is 33.5 Å². The van der Waals surface area contributed by atoms with Gasteiger partial charge in [-0.05, 0) is 28.7 Å². The number of amides is 2. The summed E-state index contributed by atoms with van der Waals surface area (Å²) >= 11 is 0. The van der Waals surface area contributed by atoms with Crippen molar-refractivity contribution in [2.24, 2.45) is 5.92 Å². The van der Waals surface area contributed by atoms with Crippen LogP contribution in [-0.4, -0.2) is 68.7 Å². The molecule has 0 bridgehead atoms. The number of carboxylic acids is 1. The molecule has 186 valence electrons. The highest BCUT2D eigenvalue weighted by Crippen LogP contribution is 2.44. The second kappa shape index (κ2) is 11.3. The first-order valence-electron chi connectivity index (χ1n) is 11.7. The highest BCUT2D eigenvalue weighted by molar-refractivity contribution is 5.84. The van der Waals surface area contributed by atoms with Crippen molar-refractivity contribution >= 4 is 18.0 Å². The fourth-order valence-electron chi connectivity index (χ4n) is 4.81. The van der Waals surface area contributed by atoms with E-state index in [1.54, 1.807) is 0 Å².